The quantitative estimate of drug-likeness (QED) is 0.670. The van der Waals surface area contributed by atoms with Crippen molar-refractivity contribution in [1.82, 2.24) is 15.2 Å². The lowest BCUT2D eigenvalue weighted by atomic mass is 10.1. The number of amides is 1. The predicted octanol–water partition coefficient (Wildman–Crippen LogP) is 3.98. The van der Waals surface area contributed by atoms with Gasteiger partial charge in [-0.3, -0.25) is 9.69 Å². The number of rotatable bonds is 7. The van der Waals surface area contributed by atoms with Crippen LogP contribution in [0.15, 0.2) is 47.1 Å². The van der Waals surface area contributed by atoms with Gasteiger partial charge in [0.2, 0.25) is 5.91 Å². The number of aromatic nitrogens is 1. The van der Waals surface area contributed by atoms with E-state index in [9.17, 15) is 4.79 Å². The number of nitrogens with zero attached hydrogens (tertiary/aromatic N) is 2. The molecule has 0 bridgehead atoms. The van der Waals surface area contributed by atoms with Crippen molar-refractivity contribution in [2.75, 3.05) is 20.6 Å². The maximum absolute atomic E-state index is 12.6. The first kappa shape index (κ1) is 19.3. The van der Waals surface area contributed by atoms with Crippen molar-refractivity contribution in [2.45, 2.75) is 26.3 Å². The van der Waals surface area contributed by atoms with E-state index in [-0.39, 0.29) is 11.9 Å². The van der Waals surface area contributed by atoms with Gasteiger partial charge >= 0.3 is 0 Å². The fourth-order valence-corrected chi connectivity index (χ4v) is 3.92. The van der Waals surface area contributed by atoms with Crippen molar-refractivity contribution in [1.29, 1.82) is 0 Å². The van der Waals surface area contributed by atoms with Crippen LogP contribution >= 0.6 is 11.3 Å². The monoisotopic (exact) mass is 383 g/mol. The first-order chi connectivity index (χ1) is 12.9. The number of furan rings is 1. The highest BCUT2D eigenvalue weighted by Gasteiger charge is 2.19. The number of benzene rings is 1. The molecule has 1 aromatic carbocycles. The van der Waals surface area contributed by atoms with Gasteiger partial charge in [-0.1, -0.05) is 29.8 Å². The van der Waals surface area contributed by atoms with Gasteiger partial charge in [-0.15, -0.1) is 11.3 Å². The summed E-state index contributed by atoms with van der Waals surface area (Å²) in [5, 5.41) is 4.00. The Morgan fingerprint density at radius 1 is 1.22 bits per heavy atom. The van der Waals surface area contributed by atoms with Crippen LogP contribution in [0, 0.1) is 13.8 Å². The molecule has 5 nitrogen and oxygen atoms in total. The van der Waals surface area contributed by atoms with Gasteiger partial charge in [-0.25, -0.2) is 4.98 Å². The van der Waals surface area contributed by atoms with Crippen LogP contribution in [0.5, 0.6) is 0 Å². The fraction of sp³-hybridized carbons (Fsp3) is 0.333. The Bertz CT molecular complexity index is 883. The summed E-state index contributed by atoms with van der Waals surface area (Å²) in [7, 11) is 3.95. The Balaban J connectivity index is 1.68. The molecule has 0 saturated carbocycles. The van der Waals surface area contributed by atoms with Crippen LogP contribution in [0.4, 0.5) is 0 Å². The summed E-state index contributed by atoms with van der Waals surface area (Å²) in [6.07, 6.45) is 1.98. The van der Waals surface area contributed by atoms with Gasteiger partial charge in [0, 0.05) is 17.0 Å². The van der Waals surface area contributed by atoms with Crippen molar-refractivity contribution in [3.63, 3.8) is 0 Å². The Hall–Kier alpha value is -2.44. The van der Waals surface area contributed by atoms with E-state index in [1.54, 1.807) is 17.6 Å². The lowest BCUT2D eigenvalue weighted by molar-refractivity contribution is -0.120. The summed E-state index contributed by atoms with van der Waals surface area (Å²) in [5.41, 5.74) is 3.16. The molecule has 6 heteroatoms. The summed E-state index contributed by atoms with van der Waals surface area (Å²) in [6, 6.07) is 12.1. The third kappa shape index (κ3) is 4.84. The number of carbonyl (C=O) groups excluding carboxylic acids is 1. The highest BCUT2D eigenvalue weighted by atomic mass is 32.1. The lowest BCUT2D eigenvalue weighted by Gasteiger charge is -2.22. The predicted molar refractivity (Wildman–Crippen MR) is 109 cm³/mol. The number of nitrogens with one attached hydrogen (secondary N) is 1. The number of hydrogen-bond acceptors (Lipinski definition) is 5. The highest BCUT2D eigenvalue weighted by Crippen LogP contribution is 2.29. The zero-order chi connectivity index (χ0) is 19.4. The molecule has 0 aliphatic carbocycles. The van der Waals surface area contributed by atoms with Gasteiger partial charge in [-0.05, 0) is 40.1 Å². The Morgan fingerprint density at radius 2 is 1.96 bits per heavy atom. The average molecular weight is 384 g/mol. The molecule has 0 radical (unpaired) electrons. The molecular formula is C21H25N3O2S. The van der Waals surface area contributed by atoms with Crippen molar-refractivity contribution >= 4 is 17.2 Å². The minimum absolute atomic E-state index is 0.00344. The fourth-order valence-electron chi connectivity index (χ4n) is 2.96. The third-order valence-corrected chi connectivity index (χ3v) is 5.41. The maximum Gasteiger partial charge on any atom is 0.225 e. The van der Waals surface area contributed by atoms with Crippen LogP contribution in [-0.2, 0) is 11.2 Å². The Labute approximate surface area is 164 Å². The highest BCUT2D eigenvalue weighted by molar-refractivity contribution is 7.12. The number of thiazole rings is 1. The molecule has 3 rings (SSSR count). The van der Waals surface area contributed by atoms with E-state index < -0.39 is 0 Å². The van der Waals surface area contributed by atoms with Crippen LogP contribution in [0.25, 0.3) is 11.3 Å². The standard InChI is InChI=1S/C21H25N3O2S/c1-14-7-9-16(10-8-14)21-19(27-15(2)23-21)12-20(25)22-13-17(24(3)4)18-6-5-11-26-18/h5-11,17H,12-13H2,1-4H3,(H,22,25). The summed E-state index contributed by atoms with van der Waals surface area (Å²) in [6.45, 7) is 4.53. The second kappa shape index (κ2) is 8.50. The molecule has 1 atom stereocenters. The normalized spacial score (nSPS) is 12.3. The van der Waals surface area contributed by atoms with E-state index in [4.69, 9.17) is 4.42 Å². The van der Waals surface area contributed by atoms with Crippen molar-refractivity contribution < 1.29 is 9.21 Å². The molecule has 1 unspecified atom stereocenters. The molecule has 0 aliphatic heterocycles. The van der Waals surface area contributed by atoms with E-state index in [1.807, 2.05) is 38.1 Å². The number of likely N-dealkylation sites (N-methyl/N-ethyl adjacent to an activating group) is 1. The zero-order valence-electron chi connectivity index (χ0n) is 16.2. The van der Waals surface area contributed by atoms with Crippen LogP contribution in [0.3, 0.4) is 0 Å². The maximum atomic E-state index is 12.6. The average Bonchev–Trinajstić information content (AvgIpc) is 3.26. The number of hydrogen-bond donors (Lipinski definition) is 1. The van der Waals surface area contributed by atoms with Crippen molar-refractivity contribution in [3.8, 4) is 11.3 Å². The van der Waals surface area contributed by atoms with Crippen LogP contribution in [0.2, 0.25) is 0 Å². The van der Waals surface area contributed by atoms with Crippen LogP contribution < -0.4 is 5.32 Å². The number of aryl methyl sites for hydroxylation is 2. The topological polar surface area (TPSA) is 58.4 Å². The Morgan fingerprint density at radius 3 is 2.59 bits per heavy atom. The molecule has 27 heavy (non-hydrogen) atoms. The molecule has 142 valence electrons. The van der Waals surface area contributed by atoms with Crippen molar-refractivity contribution in [2.24, 2.45) is 0 Å². The molecule has 0 saturated heterocycles. The zero-order valence-corrected chi connectivity index (χ0v) is 17.0. The van der Waals surface area contributed by atoms with E-state index >= 15 is 0 Å². The molecule has 1 N–H and O–H groups in total. The van der Waals surface area contributed by atoms with Gasteiger partial charge in [0.25, 0.3) is 0 Å². The third-order valence-electron chi connectivity index (χ3n) is 4.44. The van der Waals surface area contributed by atoms with Gasteiger partial charge in [0.05, 0.1) is 29.4 Å². The van der Waals surface area contributed by atoms with Crippen LogP contribution in [-0.4, -0.2) is 36.4 Å². The second-order valence-electron chi connectivity index (χ2n) is 6.85. The molecule has 2 aromatic heterocycles. The molecule has 2 heterocycles. The molecular weight excluding hydrogens is 358 g/mol. The van der Waals surface area contributed by atoms with Crippen LogP contribution in [0.1, 0.15) is 27.3 Å². The largest absolute Gasteiger partial charge is 0.468 e. The smallest absolute Gasteiger partial charge is 0.225 e. The second-order valence-corrected chi connectivity index (χ2v) is 8.13. The summed E-state index contributed by atoms with van der Waals surface area (Å²) in [5.74, 6) is 0.833. The molecule has 0 aliphatic rings. The molecule has 0 spiro atoms. The first-order valence-corrected chi connectivity index (χ1v) is 9.75. The van der Waals surface area contributed by atoms with Gasteiger partial charge in [0.1, 0.15) is 5.76 Å². The van der Waals surface area contributed by atoms with E-state index in [0.29, 0.717) is 13.0 Å². The minimum Gasteiger partial charge on any atom is -0.468 e. The van der Waals surface area contributed by atoms with E-state index in [2.05, 4.69) is 41.5 Å². The minimum atomic E-state index is -0.00887. The SMILES string of the molecule is Cc1ccc(-c2nc(C)sc2CC(=O)NCC(c2ccco2)N(C)C)cc1. The van der Waals surface area contributed by atoms with E-state index in [1.165, 1.54) is 5.56 Å². The molecule has 3 aromatic rings. The Kier molecular flexibility index (Phi) is 6.08. The lowest BCUT2D eigenvalue weighted by Crippen LogP contribution is -2.35. The summed E-state index contributed by atoms with van der Waals surface area (Å²) in [4.78, 5) is 20.2. The first-order valence-electron chi connectivity index (χ1n) is 8.94. The van der Waals surface area contributed by atoms with Gasteiger partial charge in [-0.2, -0.15) is 0 Å². The molecule has 1 amide bonds. The number of carbonyl (C=O) groups is 1. The molecule has 0 fully saturated rings. The van der Waals surface area contributed by atoms with Gasteiger partial charge < -0.3 is 9.73 Å². The summed E-state index contributed by atoms with van der Waals surface area (Å²) >= 11 is 1.58. The van der Waals surface area contributed by atoms with E-state index in [0.717, 1.165) is 26.9 Å². The van der Waals surface area contributed by atoms with Gasteiger partial charge in [0.15, 0.2) is 0 Å². The summed E-state index contributed by atoms with van der Waals surface area (Å²) < 4.78 is 5.50. The van der Waals surface area contributed by atoms with Crippen molar-refractivity contribution in [3.05, 3.63) is 63.9 Å².